The average molecular weight is 274 g/mol. The van der Waals surface area contributed by atoms with E-state index in [1.807, 2.05) is 32.1 Å². The molecule has 0 saturated heterocycles. The minimum Gasteiger partial charge on any atom is -0.459 e. The molecule has 3 nitrogen and oxygen atoms in total. The van der Waals surface area contributed by atoms with E-state index in [9.17, 15) is 10.0 Å². The van der Waals surface area contributed by atoms with Crippen molar-refractivity contribution in [2.45, 2.75) is 26.7 Å². The van der Waals surface area contributed by atoms with Gasteiger partial charge in [0, 0.05) is 0 Å². The fraction of sp³-hybridized carbons (Fsp3) is 0.250. The van der Waals surface area contributed by atoms with Gasteiger partial charge in [-0.1, -0.05) is 43.5 Å². The largest absolute Gasteiger partial charge is 0.484 e. The van der Waals surface area contributed by atoms with Crippen LogP contribution in [-0.4, -0.2) is 17.2 Å². The predicted octanol–water partition coefficient (Wildman–Crippen LogP) is 3.46. The third-order valence-electron chi connectivity index (χ3n) is 2.37. The van der Waals surface area contributed by atoms with Gasteiger partial charge in [0.2, 0.25) is 0 Å². The Morgan fingerprint density at radius 2 is 1.75 bits per heavy atom. The highest BCUT2D eigenvalue weighted by atomic mass is 16.5. The molecule has 0 unspecified atom stereocenters. The lowest BCUT2D eigenvalue weighted by Gasteiger charge is -2.04. The maximum atomic E-state index is 9.24. The van der Waals surface area contributed by atoms with E-state index in [0.29, 0.717) is 23.4 Å². The summed E-state index contributed by atoms with van der Waals surface area (Å²) in [6, 6.07) is 0. The first kappa shape index (κ1) is 18.2. The van der Waals surface area contributed by atoms with Gasteiger partial charge < -0.3 is 14.8 Å². The molecule has 0 aromatic heterocycles. The van der Waals surface area contributed by atoms with Crippen molar-refractivity contribution in [3.63, 3.8) is 0 Å². The second-order valence-electron chi connectivity index (χ2n) is 4.12. The second kappa shape index (κ2) is 11.1. The molecule has 0 aliphatic heterocycles. The minimum atomic E-state index is -1.45. The molecule has 20 heavy (non-hydrogen) atoms. The van der Waals surface area contributed by atoms with Gasteiger partial charge in [0.05, 0.1) is 0 Å². The van der Waals surface area contributed by atoms with Crippen molar-refractivity contribution in [1.82, 2.24) is 0 Å². The smallest absolute Gasteiger partial charge is 0.459 e. The molecule has 0 radical (unpaired) electrons. The van der Waals surface area contributed by atoms with Crippen LogP contribution in [0.15, 0.2) is 72.7 Å². The van der Waals surface area contributed by atoms with E-state index in [2.05, 4.69) is 13.2 Å². The Morgan fingerprint density at radius 3 is 2.30 bits per heavy atom. The molecule has 0 spiro atoms. The Bertz CT molecular complexity index is 429. The zero-order chi connectivity index (χ0) is 15.4. The molecule has 0 aromatic carbocycles. The highest BCUT2D eigenvalue weighted by Crippen LogP contribution is 2.09. The van der Waals surface area contributed by atoms with E-state index in [0.717, 1.165) is 6.42 Å². The monoisotopic (exact) mass is 274 g/mol. The van der Waals surface area contributed by atoms with Gasteiger partial charge in [-0.15, -0.1) is 0 Å². The zero-order valence-corrected chi connectivity index (χ0v) is 12.2. The lowest BCUT2D eigenvalue weighted by atomic mass is 9.76. The van der Waals surface area contributed by atoms with Gasteiger partial charge in [0.15, 0.2) is 0 Å². The van der Waals surface area contributed by atoms with E-state index in [4.69, 9.17) is 4.74 Å². The molecule has 108 valence electrons. The summed E-state index contributed by atoms with van der Waals surface area (Å²) in [5.74, 6) is 0.936. The van der Waals surface area contributed by atoms with E-state index < -0.39 is 7.12 Å². The summed E-state index contributed by atoms with van der Waals surface area (Å²) in [5, 5.41) is 18.5. The SMILES string of the molecule is C=C(/C=C\C)OC(=C)/C=C\C=C(/CC/C=C\C)B(O)O. The van der Waals surface area contributed by atoms with Crippen molar-refractivity contribution in [2.75, 3.05) is 0 Å². The molecule has 0 heterocycles. The maximum absolute atomic E-state index is 9.24. The summed E-state index contributed by atoms with van der Waals surface area (Å²) in [4.78, 5) is 0. The Hall–Kier alpha value is -1.78. The Labute approximate surface area is 122 Å². The Morgan fingerprint density at radius 1 is 1.10 bits per heavy atom. The van der Waals surface area contributed by atoms with Crippen LogP contribution < -0.4 is 0 Å². The summed E-state index contributed by atoms with van der Waals surface area (Å²) in [6.45, 7) is 11.2. The van der Waals surface area contributed by atoms with E-state index in [1.54, 1.807) is 24.3 Å². The molecule has 0 saturated carbocycles. The highest BCUT2D eigenvalue weighted by Gasteiger charge is 2.12. The van der Waals surface area contributed by atoms with Crippen molar-refractivity contribution >= 4 is 7.12 Å². The third kappa shape index (κ3) is 9.19. The summed E-state index contributed by atoms with van der Waals surface area (Å²) >= 11 is 0. The summed E-state index contributed by atoms with van der Waals surface area (Å²) in [5.41, 5.74) is 0.541. The van der Waals surface area contributed by atoms with Gasteiger partial charge in [-0.3, -0.25) is 0 Å². The highest BCUT2D eigenvalue weighted by molar-refractivity contribution is 6.50. The van der Waals surface area contributed by atoms with Gasteiger partial charge in [-0.25, -0.2) is 0 Å². The van der Waals surface area contributed by atoms with Crippen molar-refractivity contribution < 1.29 is 14.8 Å². The van der Waals surface area contributed by atoms with Crippen LogP contribution in [0.5, 0.6) is 0 Å². The number of hydrogen-bond acceptors (Lipinski definition) is 3. The summed E-state index contributed by atoms with van der Waals surface area (Å²) < 4.78 is 5.30. The molecule has 0 aliphatic carbocycles. The number of allylic oxidation sites excluding steroid dienone is 8. The quantitative estimate of drug-likeness (QED) is 0.293. The van der Waals surface area contributed by atoms with Crippen LogP contribution in [0, 0.1) is 0 Å². The maximum Gasteiger partial charge on any atom is 0.484 e. The first-order chi connectivity index (χ1) is 9.51. The Balaban J connectivity index is 4.48. The molecule has 0 bridgehead atoms. The lowest BCUT2D eigenvalue weighted by Crippen LogP contribution is -2.15. The zero-order valence-electron chi connectivity index (χ0n) is 12.2. The van der Waals surface area contributed by atoms with Gasteiger partial charge in [0.1, 0.15) is 11.5 Å². The fourth-order valence-corrected chi connectivity index (χ4v) is 1.42. The fourth-order valence-electron chi connectivity index (χ4n) is 1.42. The van der Waals surface area contributed by atoms with Crippen LogP contribution >= 0.6 is 0 Å². The molecule has 0 fully saturated rings. The Kier molecular flexibility index (Phi) is 10.1. The molecule has 0 rings (SSSR count). The second-order valence-corrected chi connectivity index (χ2v) is 4.12. The molecule has 0 atom stereocenters. The van der Waals surface area contributed by atoms with Gasteiger partial charge in [-0.2, -0.15) is 0 Å². The number of ether oxygens (including phenoxy) is 1. The number of hydrogen-bond donors (Lipinski definition) is 2. The average Bonchev–Trinajstić information content (AvgIpc) is 2.37. The van der Waals surface area contributed by atoms with Crippen LogP contribution in [0.2, 0.25) is 0 Å². The van der Waals surface area contributed by atoms with E-state index in [1.165, 1.54) is 0 Å². The molecule has 0 amide bonds. The van der Waals surface area contributed by atoms with Crippen LogP contribution in [0.1, 0.15) is 26.7 Å². The molecule has 0 aliphatic rings. The normalized spacial score (nSPS) is 12.5. The molecule has 0 aromatic rings. The standard InChI is InChI=1S/C16H23BO3/c1-5-7-8-12-16(17(18)19)13-9-11-15(4)20-14(3)10-6-2/h5-7,9-11,13,18-19H,3-4,8,12H2,1-2H3/b7-5-,10-6-,11-9-,16-13+. The predicted molar refractivity (Wildman–Crippen MR) is 85.6 cm³/mol. The lowest BCUT2D eigenvalue weighted by molar-refractivity contribution is 0.340. The third-order valence-corrected chi connectivity index (χ3v) is 2.37. The van der Waals surface area contributed by atoms with E-state index >= 15 is 0 Å². The molecule has 2 N–H and O–H groups in total. The van der Waals surface area contributed by atoms with Gasteiger partial charge >= 0.3 is 7.12 Å². The van der Waals surface area contributed by atoms with Crippen LogP contribution in [0.25, 0.3) is 0 Å². The van der Waals surface area contributed by atoms with Gasteiger partial charge in [-0.05, 0) is 44.3 Å². The minimum absolute atomic E-state index is 0.435. The topological polar surface area (TPSA) is 49.7 Å². The molecule has 4 heteroatoms. The number of rotatable bonds is 9. The van der Waals surface area contributed by atoms with Crippen LogP contribution in [0.3, 0.4) is 0 Å². The van der Waals surface area contributed by atoms with Crippen LogP contribution in [0.4, 0.5) is 0 Å². The summed E-state index contributed by atoms with van der Waals surface area (Å²) in [6.07, 6.45) is 13.8. The first-order valence-corrected chi connectivity index (χ1v) is 6.54. The van der Waals surface area contributed by atoms with Crippen LogP contribution in [-0.2, 0) is 4.74 Å². The van der Waals surface area contributed by atoms with Crippen molar-refractivity contribution in [1.29, 1.82) is 0 Å². The summed E-state index contributed by atoms with van der Waals surface area (Å²) in [7, 11) is -1.45. The molecular weight excluding hydrogens is 251 g/mol. The van der Waals surface area contributed by atoms with Crippen molar-refractivity contribution in [3.8, 4) is 0 Å². The van der Waals surface area contributed by atoms with Crippen molar-refractivity contribution in [2.24, 2.45) is 0 Å². The molecular formula is C16H23BO3. The van der Waals surface area contributed by atoms with E-state index in [-0.39, 0.29) is 0 Å². The van der Waals surface area contributed by atoms with Gasteiger partial charge in [0.25, 0.3) is 0 Å². The van der Waals surface area contributed by atoms with Crippen molar-refractivity contribution in [3.05, 3.63) is 72.7 Å². The first-order valence-electron chi connectivity index (χ1n) is 6.54.